The zero-order chi connectivity index (χ0) is 31.7. The highest BCUT2D eigenvalue weighted by Crippen LogP contribution is 2.40. The minimum atomic E-state index is -2.67. The van der Waals surface area contributed by atoms with E-state index in [4.69, 9.17) is 9.72 Å². The summed E-state index contributed by atoms with van der Waals surface area (Å²) >= 11 is 0. The molecular formula is C34H35F2N7O2. The van der Waals surface area contributed by atoms with Gasteiger partial charge in [0.25, 0.3) is 5.92 Å². The number of amides is 1. The van der Waals surface area contributed by atoms with Gasteiger partial charge in [-0.2, -0.15) is 10.5 Å². The maximum Gasteiger partial charge on any atom is 0.272 e. The Kier molecular flexibility index (Phi) is 8.30. The van der Waals surface area contributed by atoms with Crippen molar-refractivity contribution >= 4 is 28.1 Å². The van der Waals surface area contributed by atoms with Gasteiger partial charge in [0.1, 0.15) is 18.2 Å². The number of hydrogen-bond donors (Lipinski definition) is 0. The number of likely N-dealkylation sites (tertiary alicyclic amines) is 1. The van der Waals surface area contributed by atoms with Gasteiger partial charge in [0.15, 0.2) is 0 Å². The number of aromatic nitrogens is 1. The van der Waals surface area contributed by atoms with Gasteiger partial charge in [0, 0.05) is 49.4 Å². The summed E-state index contributed by atoms with van der Waals surface area (Å²) in [6.07, 6.45) is 2.04. The van der Waals surface area contributed by atoms with E-state index in [2.05, 4.69) is 71.8 Å². The standard InChI is InChI=1S/C34H35F2N7O2/c1-3-30(44)43-15-14-42(19-25(43)10-12-37)32-26-11-13-41(29-9-5-8-24-7-4-6-23(2)31(24)29)20-28(26)39-33(27(32)18-38)45-17-16-40-21-34(35,36)22-40/h3-9,25H,1,10-11,13-17,19-22H2,2H3. The summed E-state index contributed by atoms with van der Waals surface area (Å²) in [5.74, 6) is -2.72. The SMILES string of the molecule is C=CC(=O)N1CCN(c2c(C#N)c(OCCN3CC(F)(F)C3)nc3c2CCN(c2cccc4cccc(C)c24)C3)CC1CC#N. The third-order valence-corrected chi connectivity index (χ3v) is 8.98. The fourth-order valence-corrected chi connectivity index (χ4v) is 6.85. The Balaban J connectivity index is 1.37. The summed E-state index contributed by atoms with van der Waals surface area (Å²) in [7, 11) is 0. The molecule has 1 unspecified atom stereocenters. The molecule has 1 atom stereocenters. The topological polar surface area (TPSA) is 99.7 Å². The molecule has 11 heteroatoms. The molecule has 2 fully saturated rings. The van der Waals surface area contributed by atoms with E-state index in [1.165, 1.54) is 17.0 Å². The van der Waals surface area contributed by atoms with Gasteiger partial charge in [-0.15, -0.1) is 0 Å². The number of fused-ring (bicyclic) bond motifs is 2. The van der Waals surface area contributed by atoms with Crippen LogP contribution in [0.25, 0.3) is 10.8 Å². The van der Waals surface area contributed by atoms with E-state index in [0.717, 1.165) is 28.0 Å². The maximum atomic E-state index is 13.4. The van der Waals surface area contributed by atoms with Crippen molar-refractivity contribution in [2.24, 2.45) is 0 Å². The van der Waals surface area contributed by atoms with Crippen LogP contribution in [-0.2, 0) is 17.8 Å². The summed E-state index contributed by atoms with van der Waals surface area (Å²) in [4.78, 5) is 25.1. The number of hydrogen-bond acceptors (Lipinski definition) is 8. The number of carbonyl (C=O) groups is 1. The van der Waals surface area contributed by atoms with Gasteiger partial charge in [-0.25, -0.2) is 13.8 Å². The maximum absolute atomic E-state index is 13.4. The molecule has 0 aliphatic carbocycles. The number of nitrogens with zero attached hydrogens (tertiary/aromatic N) is 7. The molecule has 1 amide bonds. The third kappa shape index (κ3) is 5.88. The third-order valence-electron chi connectivity index (χ3n) is 8.98. The van der Waals surface area contributed by atoms with Crippen molar-refractivity contribution < 1.29 is 18.3 Å². The molecule has 0 N–H and O–H groups in total. The van der Waals surface area contributed by atoms with Crippen LogP contribution in [0.5, 0.6) is 5.88 Å². The smallest absolute Gasteiger partial charge is 0.272 e. The number of benzene rings is 2. The molecule has 0 bridgehead atoms. The van der Waals surface area contributed by atoms with Gasteiger partial charge in [0.05, 0.1) is 49.5 Å². The van der Waals surface area contributed by atoms with E-state index in [1.807, 2.05) is 0 Å². The second kappa shape index (κ2) is 12.3. The highest BCUT2D eigenvalue weighted by Gasteiger charge is 2.43. The van der Waals surface area contributed by atoms with Crippen LogP contribution in [0, 0.1) is 29.6 Å². The van der Waals surface area contributed by atoms with Crippen LogP contribution in [0.2, 0.25) is 0 Å². The van der Waals surface area contributed by atoms with Crippen LogP contribution in [0.15, 0.2) is 49.1 Å². The highest BCUT2D eigenvalue weighted by molar-refractivity contribution is 5.97. The Bertz CT molecular complexity index is 1720. The largest absolute Gasteiger partial charge is 0.475 e. The van der Waals surface area contributed by atoms with Crippen LogP contribution >= 0.6 is 0 Å². The zero-order valence-electron chi connectivity index (χ0n) is 25.3. The van der Waals surface area contributed by atoms with Crippen molar-refractivity contribution in [3.05, 3.63) is 71.4 Å². The number of pyridine rings is 1. The fourth-order valence-electron chi connectivity index (χ4n) is 6.85. The van der Waals surface area contributed by atoms with Gasteiger partial charge < -0.3 is 19.4 Å². The predicted molar refractivity (Wildman–Crippen MR) is 167 cm³/mol. The van der Waals surface area contributed by atoms with Crippen molar-refractivity contribution in [2.75, 3.05) is 62.2 Å². The number of alkyl halides is 2. The monoisotopic (exact) mass is 611 g/mol. The number of anilines is 2. The minimum absolute atomic E-state index is 0.112. The van der Waals surface area contributed by atoms with Crippen LogP contribution in [0.3, 0.4) is 0 Å². The summed E-state index contributed by atoms with van der Waals surface area (Å²) < 4.78 is 32.9. The zero-order valence-corrected chi connectivity index (χ0v) is 25.3. The molecule has 3 aliphatic heterocycles. The number of ether oxygens (including phenoxy) is 1. The first-order chi connectivity index (χ1) is 21.7. The number of aryl methyl sites for hydroxylation is 1. The molecule has 45 heavy (non-hydrogen) atoms. The first-order valence-corrected chi connectivity index (χ1v) is 15.2. The van der Waals surface area contributed by atoms with Gasteiger partial charge >= 0.3 is 0 Å². The number of piperazine rings is 1. The van der Waals surface area contributed by atoms with Gasteiger partial charge in [-0.3, -0.25) is 9.69 Å². The molecule has 6 rings (SSSR count). The van der Waals surface area contributed by atoms with E-state index >= 15 is 0 Å². The normalized spacial score (nSPS) is 19.3. The molecule has 2 aromatic carbocycles. The molecule has 3 aliphatic rings. The summed E-state index contributed by atoms with van der Waals surface area (Å²) in [6, 6.07) is 16.7. The fraction of sp³-hybridized carbons (Fsp3) is 0.412. The Hall–Kier alpha value is -4.74. The van der Waals surface area contributed by atoms with E-state index in [9.17, 15) is 24.1 Å². The first-order valence-electron chi connectivity index (χ1n) is 15.2. The van der Waals surface area contributed by atoms with E-state index in [-0.39, 0.29) is 49.5 Å². The van der Waals surface area contributed by atoms with Crippen molar-refractivity contribution in [3.63, 3.8) is 0 Å². The molecule has 0 radical (unpaired) electrons. The van der Waals surface area contributed by atoms with Crippen LogP contribution in [0.4, 0.5) is 20.2 Å². The molecule has 2 saturated heterocycles. The Morgan fingerprint density at radius 2 is 1.93 bits per heavy atom. The second-order valence-electron chi connectivity index (χ2n) is 11.9. The molecule has 4 heterocycles. The van der Waals surface area contributed by atoms with Gasteiger partial charge in [-0.05, 0) is 36.4 Å². The number of nitriles is 2. The van der Waals surface area contributed by atoms with Gasteiger partial charge in [-0.1, -0.05) is 36.9 Å². The lowest BCUT2D eigenvalue weighted by Crippen LogP contribution is -2.57. The first kappa shape index (κ1) is 30.3. The van der Waals surface area contributed by atoms with Crippen LogP contribution < -0.4 is 14.5 Å². The number of carbonyl (C=O) groups excluding carboxylic acids is 1. The van der Waals surface area contributed by atoms with Crippen molar-refractivity contribution in [3.8, 4) is 18.0 Å². The molecule has 9 nitrogen and oxygen atoms in total. The molecule has 232 valence electrons. The Labute approximate surface area is 261 Å². The number of rotatable bonds is 8. The van der Waals surface area contributed by atoms with E-state index < -0.39 is 5.92 Å². The van der Waals surface area contributed by atoms with Crippen molar-refractivity contribution in [2.45, 2.75) is 38.3 Å². The molecule has 3 aromatic rings. The minimum Gasteiger partial charge on any atom is -0.475 e. The lowest BCUT2D eigenvalue weighted by molar-refractivity contribution is -0.132. The second-order valence-corrected chi connectivity index (χ2v) is 11.9. The lowest BCUT2D eigenvalue weighted by atomic mass is 9.95. The summed E-state index contributed by atoms with van der Waals surface area (Å²) in [5.41, 5.74) is 5.03. The lowest BCUT2D eigenvalue weighted by Gasteiger charge is -2.43. The summed E-state index contributed by atoms with van der Waals surface area (Å²) in [5, 5.41) is 22.3. The van der Waals surface area contributed by atoms with E-state index in [0.29, 0.717) is 45.7 Å². The Morgan fingerprint density at radius 1 is 1.16 bits per heavy atom. The molecular weight excluding hydrogens is 576 g/mol. The van der Waals surface area contributed by atoms with Crippen LogP contribution in [0.1, 0.15) is 28.8 Å². The highest BCUT2D eigenvalue weighted by atomic mass is 19.3. The molecule has 0 spiro atoms. The quantitative estimate of drug-likeness (QED) is 0.345. The average Bonchev–Trinajstić information content (AvgIpc) is 3.02. The van der Waals surface area contributed by atoms with Gasteiger partial charge in [0.2, 0.25) is 11.8 Å². The predicted octanol–water partition coefficient (Wildman–Crippen LogP) is 4.42. The number of halogens is 2. The molecule has 0 saturated carbocycles. The summed E-state index contributed by atoms with van der Waals surface area (Å²) in [6.45, 7) is 7.91. The Morgan fingerprint density at radius 3 is 2.64 bits per heavy atom. The molecule has 1 aromatic heterocycles. The average molecular weight is 612 g/mol. The van der Waals surface area contributed by atoms with Crippen LogP contribution in [-0.4, -0.2) is 85.1 Å². The van der Waals surface area contributed by atoms with Crippen molar-refractivity contribution in [1.29, 1.82) is 10.5 Å². The van der Waals surface area contributed by atoms with Crippen molar-refractivity contribution in [1.82, 2.24) is 14.8 Å². The van der Waals surface area contributed by atoms with E-state index in [1.54, 1.807) is 9.80 Å².